The van der Waals surface area contributed by atoms with Crippen molar-refractivity contribution >= 4 is 73.6 Å². The number of carbonyl (C=O) groups excluding carboxylic acids is 6. The van der Waals surface area contributed by atoms with Gasteiger partial charge in [0.1, 0.15) is 0 Å². The Bertz CT molecular complexity index is 283. The Morgan fingerprint density at radius 2 is 0.450 bits per heavy atom. The predicted molar refractivity (Wildman–Crippen MR) is 35.8 cm³/mol. The van der Waals surface area contributed by atoms with Crippen molar-refractivity contribution in [3.05, 3.63) is 0 Å². The van der Waals surface area contributed by atoms with Crippen molar-refractivity contribution in [1.82, 2.24) is 0 Å². The molecule has 20 heavy (non-hydrogen) atoms. The van der Waals surface area contributed by atoms with Crippen LogP contribution in [-0.4, -0.2) is 73.6 Å². The van der Waals surface area contributed by atoms with Crippen LogP contribution >= 0.6 is 0 Å². The van der Waals surface area contributed by atoms with Crippen LogP contribution in [0.25, 0.3) is 0 Å². The molecule has 0 rings (SSSR count). The van der Waals surface area contributed by atoms with Gasteiger partial charge in [-0.2, -0.15) is 0 Å². The van der Waals surface area contributed by atoms with Crippen LogP contribution in [0.2, 0.25) is 0 Å². The fourth-order valence-electron chi connectivity index (χ4n) is 0. The van der Waals surface area contributed by atoms with E-state index in [1.807, 2.05) is 0 Å². The SMILES string of the molecule is O=C([O-])C(=O)[O-].O=C([O-])C(=O)[O-].O=C([O-])C(=O)[O-].[Ca+2].[Ti+4]. The summed E-state index contributed by atoms with van der Waals surface area (Å²) in [4.78, 5) is 53.6. The van der Waals surface area contributed by atoms with Gasteiger partial charge in [-0.15, -0.1) is 0 Å². The number of rotatable bonds is 0. The maximum absolute atomic E-state index is 8.93. The minimum atomic E-state index is -2.19. The minimum absolute atomic E-state index is 0. The van der Waals surface area contributed by atoms with Crippen molar-refractivity contribution in [2.24, 2.45) is 0 Å². The van der Waals surface area contributed by atoms with Crippen molar-refractivity contribution in [1.29, 1.82) is 0 Å². The quantitative estimate of drug-likeness (QED) is 0.291. The molecule has 0 aromatic rings. The average Bonchev–Trinajstić information content (AvgIpc) is 2.18. The number of carbonyl (C=O) groups is 6. The van der Waals surface area contributed by atoms with Gasteiger partial charge in [-0.25, -0.2) is 0 Å². The fraction of sp³-hybridized carbons (Fsp3) is 0. The van der Waals surface area contributed by atoms with E-state index >= 15 is 0 Å². The van der Waals surface area contributed by atoms with Gasteiger partial charge in [-0.3, -0.25) is 0 Å². The molecule has 0 radical (unpaired) electrons. The number of aliphatic carboxylic acids is 6. The van der Waals surface area contributed by atoms with Gasteiger partial charge in [-0.1, -0.05) is 0 Å². The Kier molecular flexibility index (Phi) is 27.8. The second-order valence-electron chi connectivity index (χ2n) is 1.72. The van der Waals surface area contributed by atoms with E-state index in [1.165, 1.54) is 0 Å². The Balaban J connectivity index is -0.0000000536. The van der Waals surface area contributed by atoms with Crippen molar-refractivity contribution in [3.8, 4) is 0 Å². The van der Waals surface area contributed by atoms with Gasteiger partial charge in [0.25, 0.3) is 0 Å². The van der Waals surface area contributed by atoms with Crippen LogP contribution in [0.3, 0.4) is 0 Å². The van der Waals surface area contributed by atoms with E-state index in [0.29, 0.717) is 0 Å². The Morgan fingerprint density at radius 3 is 0.450 bits per heavy atom. The molecule has 0 atom stereocenters. The maximum Gasteiger partial charge on any atom is 4.00 e. The first-order chi connectivity index (χ1) is 7.93. The first-order valence-corrected chi connectivity index (χ1v) is 3.20. The summed E-state index contributed by atoms with van der Waals surface area (Å²) >= 11 is 0. The molecule has 0 saturated carbocycles. The van der Waals surface area contributed by atoms with Crippen LogP contribution in [0.5, 0.6) is 0 Å². The Morgan fingerprint density at radius 1 is 0.400 bits per heavy atom. The number of carboxylic acids is 6. The smallest absolute Gasteiger partial charge is 0.543 e. The zero-order valence-electron chi connectivity index (χ0n) is 9.11. The second kappa shape index (κ2) is 17.8. The molecule has 0 unspecified atom stereocenters. The van der Waals surface area contributed by atoms with Crippen LogP contribution < -0.4 is 30.6 Å². The largest absolute Gasteiger partial charge is 4.00 e. The van der Waals surface area contributed by atoms with Crippen LogP contribution in [0.4, 0.5) is 0 Å². The van der Waals surface area contributed by atoms with Crippen molar-refractivity contribution in [2.75, 3.05) is 0 Å². The standard InChI is InChI=1S/3C2H2O4.Ca.Ti/c3*3-1(4)2(5)6;;/h3*(H,3,4)(H,5,6);;/q;;;+2;+4/p-6. The van der Waals surface area contributed by atoms with Crippen LogP contribution in [0, 0.1) is 0 Å². The molecule has 0 bridgehead atoms. The van der Waals surface area contributed by atoms with Crippen LogP contribution in [0.15, 0.2) is 0 Å². The van der Waals surface area contributed by atoms with E-state index in [9.17, 15) is 0 Å². The van der Waals surface area contributed by atoms with Gasteiger partial charge in [-0.05, 0) is 0 Å². The van der Waals surface area contributed by atoms with E-state index in [2.05, 4.69) is 0 Å². The first-order valence-electron chi connectivity index (χ1n) is 3.20. The van der Waals surface area contributed by atoms with E-state index in [-0.39, 0.29) is 59.5 Å². The summed E-state index contributed by atoms with van der Waals surface area (Å²) in [7, 11) is 0. The molecule has 0 saturated heterocycles. The Hall–Kier alpha value is -1.21. The molecule has 0 spiro atoms. The molecule has 0 amide bonds. The minimum Gasteiger partial charge on any atom is -0.543 e. The average molecular weight is 352 g/mol. The third kappa shape index (κ3) is 36.0. The molecule has 102 valence electrons. The summed E-state index contributed by atoms with van der Waals surface area (Å²) in [6.45, 7) is 0. The third-order valence-corrected chi connectivity index (χ3v) is 0.500. The summed E-state index contributed by atoms with van der Waals surface area (Å²) in [5, 5.41) is 53.6. The van der Waals surface area contributed by atoms with Gasteiger partial charge >= 0.3 is 59.5 Å². The summed E-state index contributed by atoms with van der Waals surface area (Å²) in [6.07, 6.45) is 0. The molecular weight excluding hydrogens is 352 g/mol. The van der Waals surface area contributed by atoms with Crippen molar-refractivity contribution in [2.45, 2.75) is 0 Å². The summed E-state index contributed by atoms with van der Waals surface area (Å²) < 4.78 is 0. The van der Waals surface area contributed by atoms with E-state index in [0.717, 1.165) is 0 Å². The van der Waals surface area contributed by atoms with Gasteiger partial charge in [0.05, 0.1) is 35.8 Å². The van der Waals surface area contributed by atoms with Crippen LogP contribution in [0.1, 0.15) is 0 Å². The molecule has 0 heterocycles. The molecule has 0 aliphatic heterocycles. The number of carboxylic acid groups (broad SMARTS) is 6. The normalized spacial score (nSPS) is 6.60. The molecule has 0 N–H and O–H groups in total. The van der Waals surface area contributed by atoms with Gasteiger partial charge in [0.2, 0.25) is 0 Å². The van der Waals surface area contributed by atoms with Gasteiger partial charge in [0.15, 0.2) is 0 Å². The fourth-order valence-corrected chi connectivity index (χ4v) is 0. The summed E-state index contributed by atoms with van der Waals surface area (Å²) in [6, 6.07) is 0. The maximum atomic E-state index is 8.93. The van der Waals surface area contributed by atoms with Crippen molar-refractivity contribution in [3.63, 3.8) is 0 Å². The summed E-state index contributed by atoms with van der Waals surface area (Å²) in [5.41, 5.74) is 0. The number of hydrogen-bond donors (Lipinski definition) is 0. The number of hydrogen-bond acceptors (Lipinski definition) is 12. The molecule has 0 aromatic carbocycles. The van der Waals surface area contributed by atoms with E-state index in [1.54, 1.807) is 0 Å². The van der Waals surface area contributed by atoms with Gasteiger partial charge in [0, 0.05) is 0 Å². The molecule has 14 heteroatoms. The monoisotopic (exact) mass is 352 g/mol. The molecule has 0 aliphatic rings. The molecule has 12 nitrogen and oxygen atoms in total. The van der Waals surface area contributed by atoms with Crippen molar-refractivity contribution < 1.29 is 81.1 Å². The van der Waals surface area contributed by atoms with Gasteiger partial charge < -0.3 is 59.4 Å². The first kappa shape index (κ1) is 31.3. The zero-order valence-corrected chi connectivity index (χ0v) is 12.9. The van der Waals surface area contributed by atoms with E-state index < -0.39 is 35.8 Å². The third-order valence-electron chi connectivity index (χ3n) is 0.500. The Labute approximate surface area is 153 Å². The second-order valence-corrected chi connectivity index (χ2v) is 1.72. The molecule has 0 fully saturated rings. The zero-order chi connectivity index (χ0) is 15.5. The summed E-state index contributed by atoms with van der Waals surface area (Å²) in [5.74, 6) is -13.1. The molecule has 0 aliphatic carbocycles. The van der Waals surface area contributed by atoms with E-state index in [4.69, 9.17) is 59.4 Å². The topological polar surface area (TPSA) is 241 Å². The molecule has 0 aromatic heterocycles. The van der Waals surface area contributed by atoms with Crippen LogP contribution in [-0.2, 0) is 50.5 Å². The molecular formula is C6CaO12Ti. The predicted octanol–water partition coefficient (Wildman–Crippen LogP) is -10.9.